The largest absolute Gasteiger partial charge is 0.334 e. The zero-order valence-corrected chi connectivity index (χ0v) is 10.6. The molecule has 0 saturated carbocycles. The molecular weight excluding hydrogens is 220 g/mol. The average molecular weight is 238 g/mol. The van der Waals surface area contributed by atoms with Crippen LogP contribution in [0, 0.1) is 0 Å². The topological polar surface area (TPSA) is 32.3 Å². The number of likely N-dealkylation sites (tertiary alicyclic amines) is 1. The van der Waals surface area contributed by atoms with Crippen LogP contribution in [0.4, 0.5) is 0 Å². The van der Waals surface area contributed by atoms with Crippen LogP contribution in [0.5, 0.6) is 0 Å². The van der Waals surface area contributed by atoms with Crippen LogP contribution in [-0.2, 0) is 4.79 Å². The summed E-state index contributed by atoms with van der Waals surface area (Å²) in [7, 11) is 1.83. The first-order valence-electron chi connectivity index (χ1n) is 5.74. The maximum absolute atomic E-state index is 12.1. The van der Waals surface area contributed by atoms with Crippen molar-refractivity contribution in [1.29, 1.82) is 0 Å². The Morgan fingerprint density at radius 2 is 2.50 bits per heavy atom. The highest BCUT2D eigenvalue weighted by molar-refractivity contribution is 7.07. The van der Waals surface area contributed by atoms with E-state index in [0.717, 1.165) is 19.4 Å². The van der Waals surface area contributed by atoms with Gasteiger partial charge in [-0.1, -0.05) is 0 Å². The van der Waals surface area contributed by atoms with Gasteiger partial charge in [0.1, 0.15) is 0 Å². The summed E-state index contributed by atoms with van der Waals surface area (Å²) in [5, 5.41) is 7.25. The Kier molecular flexibility index (Phi) is 3.61. The van der Waals surface area contributed by atoms with Crippen molar-refractivity contribution in [3.05, 3.63) is 22.4 Å². The molecule has 88 valence electrons. The van der Waals surface area contributed by atoms with Crippen molar-refractivity contribution in [3.63, 3.8) is 0 Å². The van der Waals surface area contributed by atoms with E-state index in [9.17, 15) is 4.79 Å². The first-order chi connectivity index (χ1) is 7.74. The lowest BCUT2D eigenvalue weighted by molar-refractivity contribution is -0.133. The highest BCUT2D eigenvalue weighted by Crippen LogP contribution is 2.33. The summed E-state index contributed by atoms with van der Waals surface area (Å²) >= 11 is 1.70. The van der Waals surface area contributed by atoms with Gasteiger partial charge in [0.15, 0.2) is 0 Å². The summed E-state index contributed by atoms with van der Waals surface area (Å²) in [6, 6.07) is 2.35. The van der Waals surface area contributed by atoms with Crippen molar-refractivity contribution in [2.45, 2.75) is 31.8 Å². The van der Waals surface area contributed by atoms with Gasteiger partial charge in [-0.3, -0.25) is 4.79 Å². The molecular formula is C12H18N2OS. The van der Waals surface area contributed by atoms with Gasteiger partial charge in [-0.2, -0.15) is 11.3 Å². The van der Waals surface area contributed by atoms with E-state index < -0.39 is 0 Å². The van der Waals surface area contributed by atoms with Crippen molar-refractivity contribution in [3.8, 4) is 0 Å². The number of nitrogens with one attached hydrogen (secondary N) is 1. The fraction of sp³-hybridized carbons (Fsp3) is 0.583. The van der Waals surface area contributed by atoms with Crippen molar-refractivity contribution in [2.24, 2.45) is 0 Å². The number of carbonyl (C=O) groups excluding carboxylic acids is 1. The van der Waals surface area contributed by atoms with Gasteiger partial charge >= 0.3 is 0 Å². The Balaban J connectivity index is 2.12. The Morgan fingerprint density at radius 1 is 1.69 bits per heavy atom. The normalized spacial score (nSPS) is 22.4. The van der Waals surface area contributed by atoms with Crippen molar-refractivity contribution >= 4 is 17.2 Å². The van der Waals surface area contributed by atoms with Crippen molar-refractivity contribution in [2.75, 3.05) is 13.6 Å². The molecule has 1 amide bonds. The number of hydrogen-bond acceptors (Lipinski definition) is 3. The molecule has 4 heteroatoms. The molecule has 3 nitrogen and oxygen atoms in total. The standard InChI is InChI=1S/C12H18N2OS/c1-9(13-2)12(15)14-6-3-4-11(14)10-5-7-16-8-10/h5,7-9,11,13H,3-4,6H2,1-2H3. The summed E-state index contributed by atoms with van der Waals surface area (Å²) in [5.74, 6) is 0.219. The fourth-order valence-electron chi connectivity index (χ4n) is 2.21. The maximum Gasteiger partial charge on any atom is 0.239 e. The van der Waals surface area contributed by atoms with Gasteiger partial charge in [0.05, 0.1) is 12.1 Å². The van der Waals surface area contributed by atoms with Crippen LogP contribution in [0.3, 0.4) is 0 Å². The molecule has 2 unspecified atom stereocenters. The zero-order chi connectivity index (χ0) is 11.5. The molecule has 0 aliphatic carbocycles. The second-order valence-electron chi connectivity index (χ2n) is 4.26. The smallest absolute Gasteiger partial charge is 0.239 e. The van der Waals surface area contributed by atoms with E-state index in [1.54, 1.807) is 11.3 Å². The molecule has 0 aromatic carbocycles. The number of carbonyl (C=O) groups is 1. The molecule has 1 saturated heterocycles. The van der Waals surface area contributed by atoms with E-state index in [1.807, 2.05) is 18.9 Å². The van der Waals surface area contributed by atoms with Crippen molar-refractivity contribution < 1.29 is 4.79 Å². The van der Waals surface area contributed by atoms with Crippen LogP contribution >= 0.6 is 11.3 Å². The van der Waals surface area contributed by atoms with Crippen molar-refractivity contribution in [1.82, 2.24) is 10.2 Å². The summed E-state index contributed by atoms with van der Waals surface area (Å²) in [5.41, 5.74) is 1.29. The minimum absolute atomic E-state index is 0.0840. The molecule has 1 aromatic heterocycles. The van der Waals surface area contributed by atoms with Crippen LogP contribution in [0.15, 0.2) is 16.8 Å². The van der Waals surface area contributed by atoms with Gasteiger partial charge in [-0.15, -0.1) is 0 Å². The van der Waals surface area contributed by atoms with E-state index >= 15 is 0 Å². The highest BCUT2D eigenvalue weighted by Gasteiger charge is 2.31. The lowest BCUT2D eigenvalue weighted by atomic mass is 10.1. The van der Waals surface area contributed by atoms with Crippen LogP contribution in [-0.4, -0.2) is 30.4 Å². The third-order valence-corrected chi connectivity index (χ3v) is 3.97. The SMILES string of the molecule is CNC(C)C(=O)N1CCCC1c1ccsc1. The monoisotopic (exact) mass is 238 g/mol. The minimum atomic E-state index is -0.0840. The molecule has 2 heterocycles. The second-order valence-corrected chi connectivity index (χ2v) is 5.04. The van der Waals surface area contributed by atoms with Gasteiger partial charge in [-0.25, -0.2) is 0 Å². The Morgan fingerprint density at radius 3 is 3.12 bits per heavy atom. The molecule has 0 radical (unpaired) electrons. The maximum atomic E-state index is 12.1. The lowest BCUT2D eigenvalue weighted by Crippen LogP contribution is -2.43. The van der Waals surface area contributed by atoms with E-state index in [1.165, 1.54) is 5.56 Å². The first kappa shape index (κ1) is 11.6. The third-order valence-electron chi connectivity index (χ3n) is 3.27. The summed E-state index contributed by atoms with van der Waals surface area (Å²) < 4.78 is 0. The molecule has 1 aliphatic rings. The van der Waals surface area contributed by atoms with Gasteiger partial charge in [0.2, 0.25) is 5.91 Å². The fourth-order valence-corrected chi connectivity index (χ4v) is 2.92. The molecule has 1 fully saturated rings. The molecule has 2 atom stereocenters. The minimum Gasteiger partial charge on any atom is -0.334 e. The summed E-state index contributed by atoms with van der Waals surface area (Å²) in [6.45, 7) is 2.82. The van der Waals surface area contributed by atoms with E-state index in [2.05, 4.69) is 22.1 Å². The molecule has 0 spiro atoms. The van der Waals surface area contributed by atoms with Crippen LogP contribution in [0.2, 0.25) is 0 Å². The lowest BCUT2D eigenvalue weighted by Gasteiger charge is -2.27. The predicted molar refractivity (Wildman–Crippen MR) is 66.5 cm³/mol. The summed E-state index contributed by atoms with van der Waals surface area (Å²) in [4.78, 5) is 14.2. The van der Waals surface area contributed by atoms with Crippen LogP contribution < -0.4 is 5.32 Å². The number of hydrogen-bond donors (Lipinski definition) is 1. The number of rotatable bonds is 3. The Hall–Kier alpha value is -0.870. The summed E-state index contributed by atoms with van der Waals surface area (Å²) in [6.07, 6.45) is 2.21. The molecule has 1 aliphatic heterocycles. The van der Waals surface area contributed by atoms with Gasteiger partial charge in [0, 0.05) is 6.54 Å². The average Bonchev–Trinajstić information content (AvgIpc) is 2.95. The van der Waals surface area contributed by atoms with Crippen LogP contribution in [0.25, 0.3) is 0 Å². The van der Waals surface area contributed by atoms with E-state index in [-0.39, 0.29) is 11.9 Å². The second kappa shape index (κ2) is 4.97. The number of amides is 1. The quantitative estimate of drug-likeness (QED) is 0.873. The highest BCUT2D eigenvalue weighted by atomic mass is 32.1. The van der Waals surface area contributed by atoms with Gasteiger partial charge in [-0.05, 0) is 49.2 Å². The number of nitrogens with zero attached hydrogens (tertiary/aromatic N) is 1. The first-order valence-corrected chi connectivity index (χ1v) is 6.68. The third kappa shape index (κ3) is 2.13. The molecule has 2 rings (SSSR count). The van der Waals surface area contributed by atoms with Crippen LogP contribution in [0.1, 0.15) is 31.4 Å². The number of likely N-dealkylation sites (N-methyl/N-ethyl adjacent to an activating group) is 1. The molecule has 16 heavy (non-hydrogen) atoms. The predicted octanol–water partition coefficient (Wildman–Crippen LogP) is 2.02. The van der Waals surface area contributed by atoms with E-state index in [0.29, 0.717) is 6.04 Å². The zero-order valence-electron chi connectivity index (χ0n) is 9.77. The molecule has 0 bridgehead atoms. The van der Waals surface area contributed by atoms with Gasteiger partial charge in [0.25, 0.3) is 0 Å². The van der Waals surface area contributed by atoms with Gasteiger partial charge < -0.3 is 10.2 Å². The Labute approximate surface area is 100 Å². The van der Waals surface area contributed by atoms with E-state index in [4.69, 9.17) is 0 Å². The molecule has 1 N–H and O–H groups in total. The molecule has 1 aromatic rings. The Bertz CT molecular complexity index is 350. The number of thiophene rings is 1.